The molecular formula is C15H17N3O5. The molecule has 0 atom stereocenters. The first-order valence-electron chi connectivity index (χ1n) is 7.07. The van der Waals surface area contributed by atoms with Gasteiger partial charge in [-0.05, 0) is 26.0 Å². The van der Waals surface area contributed by atoms with Crippen LogP contribution in [-0.4, -0.2) is 47.3 Å². The van der Waals surface area contributed by atoms with Crippen LogP contribution in [0.4, 0.5) is 0 Å². The number of para-hydroxylation sites is 2. The number of esters is 2. The maximum atomic E-state index is 12.3. The van der Waals surface area contributed by atoms with E-state index >= 15 is 0 Å². The molecule has 0 radical (unpaired) electrons. The van der Waals surface area contributed by atoms with Crippen LogP contribution >= 0.6 is 0 Å². The molecule has 0 aliphatic heterocycles. The van der Waals surface area contributed by atoms with E-state index in [0.717, 1.165) is 0 Å². The summed E-state index contributed by atoms with van der Waals surface area (Å²) in [5, 5.41) is 7.66. The average molecular weight is 319 g/mol. The van der Waals surface area contributed by atoms with E-state index in [1.54, 1.807) is 38.1 Å². The number of aromatic nitrogens is 3. The van der Waals surface area contributed by atoms with E-state index in [4.69, 9.17) is 14.2 Å². The predicted molar refractivity (Wildman–Crippen MR) is 79.8 cm³/mol. The number of methoxy groups -OCH3 is 1. The van der Waals surface area contributed by atoms with Gasteiger partial charge in [-0.1, -0.05) is 17.3 Å². The summed E-state index contributed by atoms with van der Waals surface area (Å²) < 4.78 is 16.4. The second-order valence-electron chi connectivity index (χ2n) is 4.31. The molecule has 0 aliphatic rings. The van der Waals surface area contributed by atoms with E-state index in [2.05, 4.69) is 10.3 Å². The van der Waals surface area contributed by atoms with Crippen LogP contribution in [0.2, 0.25) is 0 Å². The Labute approximate surface area is 133 Å². The minimum Gasteiger partial charge on any atom is -0.494 e. The SMILES string of the molecule is CCOC(=O)c1nnn(-c2ccccc2OC)c1C(=O)OCC. The van der Waals surface area contributed by atoms with Gasteiger partial charge >= 0.3 is 11.9 Å². The maximum absolute atomic E-state index is 12.3. The normalized spacial score (nSPS) is 10.2. The van der Waals surface area contributed by atoms with E-state index in [0.29, 0.717) is 11.4 Å². The Morgan fingerprint density at radius 1 is 1.09 bits per heavy atom. The van der Waals surface area contributed by atoms with Crippen molar-refractivity contribution in [2.45, 2.75) is 13.8 Å². The first-order chi connectivity index (χ1) is 11.1. The highest BCUT2D eigenvalue weighted by Gasteiger charge is 2.29. The highest BCUT2D eigenvalue weighted by molar-refractivity contribution is 6.00. The second-order valence-corrected chi connectivity index (χ2v) is 4.31. The van der Waals surface area contributed by atoms with Gasteiger partial charge in [0.15, 0.2) is 5.69 Å². The Kier molecular flexibility index (Phi) is 5.29. The molecule has 0 spiro atoms. The van der Waals surface area contributed by atoms with Gasteiger partial charge in [-0.2, -0.15) is 0 Å². The van der Waals surface area contributed by atoms with Crippen LogP contribution in [0.25, 0.3) is 5.69 Å². The number of nitrogens with zero attached hydrogens (tertiary/aromatic N) is 3. The third-order valence-electron chi connectivity index (χ3n) is 2.92. The number of carbonyl (C=O) groups is 2. The summed E-state index contributed by atoms with van der Waals surface area (Å²) in [6.45, 7) is 3.63. The molecule has 23 heavy (non-hydrogen) atoms. The van der Waals surface area contributed by atoms with Crippen molar-refractivity contribution in [1.29, 1.82) is 0 Å². The molecule has 0 amide bonds. The summed E-state index contributed by atoms with van der Waals surface area (Å²) in [5.41, 5.74) is 0.159. The van der Waals surface area contributed by atoms with E-state index in [9.17, 15) is 9.59 Å². The van der Waals surface area contributed by atoms with Crippen LogP contribution in [0.1, 0.15) is 34.8 Å². The standard InChI is InChI=1S/C15H17N3O5/c1-4-22-14(19)12-13(15(20)23-5-2)18(17-16-12)10-8-6-7-9-11(10)21-3/h6-9H,4-5H2,1-3H3. The van der Waals surface area contributed by atoms with Gasteiger partial charge in [0.05, 0.1) is 20.3 Å². The van der Waals surface area contributed by atoms with Gasteiger partial charge in [0.1, 0.15) is 11.4 Å². The topological polar surface area (TPSA) is 92.5 Å². The molecule has 8 nitrogen and oxygen atoms in total. The van der Waals surface area contributed by atoms with Gasteiger partial charge in [0.2, 0.25) is 5.69 Å². The molecule has 0 fully saturated rings. The van der Waals surface area contributed by atoms with Crippen molar-refractivity contribution in [3.05, 3.63) is 35.7 Å². The van der Waals surface area contributed by atoms with Crippen LogP contribution < -0.4 is 4.74 Å². The molecule has 8 heteroatoms. The first kappa shape index (κ1) is 16.5. The van der Waals surface area contributed by atoms with Crippen LogP contribution in [0.15, 0.2) is 24.3 Å². The Bertz CT molecular complexity index is 711. The highest BCUT2D eigenvalue weighted by atomic mass is 16.5. The first-order valence-corrected chi connectivity index (χ1v) is 7.07. The van der Waals surface area contributed by atoms with Gasteiger partial charge in [-0.15, -0.1) is 5.10 Å². The predicted octanol–water partition coefficient (Wildman–Crippen LogP) is 1.63. The second kappa shape index (κ2) is 7.39. The Morgan fingerprint density at radius 3 is 2.39 bits per heavy atom. The van der Waals surface area contributed by atoms with Crippen LogP contribution in [0.5, 0.6) is 5.75 Å². The lowest BCUT2D eigenvalue weighted by atomic mass is 10.2. The zero-order valence-corrected chi connectivity index (χ0v) is 13.1. The summed E-state index contributed by atoms with van der Waals surface area (Å²) in [6, 6.07) is 6.91. The summed E-state index contributed by atoms with van der Waals surface area (Å²) in [6.07, 6.45) is 0. The molecule has 0 saturated heterocycles. The number of hydrogen-bond acceptors (Lipinski definition) is 7. The van der Waals surface area contributed by atoms with Crippen molar-refractivity contribution in [3.8, 4) is 11.4 Å². The lowest BCUT2D eigenvalue weighted by Crippen LogP contribution is -2.17. The van der Waals surface area contributed by atoms with Gasteiger partial charge in [-0.25, -0.2) is 14.3 Å². The van der Waals surface area contributed by atoms with Crippen molar-refractivity contribution in [1.82, 2.24) is 15.0 Å². The maximum Gasteiger partial charge on any atom is 0.361 e. The number of carbonyl (C=O) groups excluding carboxylic acids is 2. The Balaban J connectivity index is 2.60. The van der Waals surface area contributed by atoms with Crippen LogP contribution in [-0.2, 0) is 9.47 Å². The molecule has 122 valence electrons. The third-order valence-corrected chi connectivity index (χ3v) is 2.92. The quantitative estimate of drug-likeness (QED) is 0.747. The van der Waals surface area contributed by atoms with Gasteiger partial charge in [-0.3, -0.25) is 0 Å². The summed E-state index contributed by atoms with van der Waals surface area (Å²) >= 11 is 0. The largest absolute Gasteiger partial charge is 0.494 e. The Hall–Kier alpha value is -2.90. The minimum absolute atomic E-state index is 0.102. The highest BCUT2D eigenvalue weighted by Crippen LogP contribution is 2.24. The average Bonchev–Trinajstić information content (AvgIpc) is 3.00. The molecule has 0 bridgehead atoms. The van der Waals surface area contributed by atoms with Crippen LogP contribution in [0, 0.1) is 0 Å². The van der Waals surface area contributed by atoms with Crippen LogP contribution in [0.3, 0.4) is 0 Å². The molecule has 0 aliphatic carbocycles. The van der Waals surface area contributed by atoms with E-state index in [1.165, 1.54) is 11.8 Å². The molecule has 0 unspecified atom stereocenters. The number of rotatable bonds is 6. The summed E-state index contributed by atoms with van der Waals surface area (Å²) in [7, 11) is 1.49. The van der Waals surface area contributed by atoms with Crippen molar-refractivity contribution >= 4 is 11.9 Å². The zero-order valence-electron chi connectivity index (χ0n) is 13.1. The van der Waals surface area contributed by atoms with Crippen molar-refractivity contribution < 1.29 is 23.8 Å². The monoisotopic (exact) mass is 319 g/mol. The minimum atomic E-state index is -0.739. The molecule has 1 heterocycles. The molecule has 0 saturated carbocycles. The lowest BCUT2D eigenvalue weighted by Gasteiger charge is -2.10. The fourth-order valence-corrected chi connectivity index (χ4v) is 1.97. The smallest absolute Gasteiger partial charge is 0.361 e. The number of hydrogen-bond donors (Lipinski definition) is 0. The van der Waals surface area contributed by atoms with Crippen molar-refractivity contribution in [2.24, 2.45) is 0 Å². The van der Waals surface area contributed by atoms with E-state index in [-0.39, 0.29) is 24.6 Å². The van der Waals surface area contributed by atoms with Crippen molar-refractivity contribution in [3.63, 3.8) is 0 Å². The fraction of sp³-hybridized carbons (Fsp3) is 0.333. The van der Waals surface area contributed by atoms with Gasteiger partial charge < -0.3 is 14.2 Å². The summed E-state index contributed by atoms with van der Waals surface area (Å²) in [4.78, 5) is 24.3. The molecule has 0 N–H and O–H groups in total. The lowest BCUT2D eigenvalue weighted by molar-refractivity contribution is 0.0469. The molecule has 2 aromatic rings. The number of benzene rings is 1. The van der Waals surface area contributed by atoms with Gasteiger partial charge in [0.25, 0.3) is 0 Å². The fourth-order valence-electron chi connectivity index (χ4n) is 1.97. The molecule has 1 aromatic carbocycles. The Morgan fingerprint density at radius 2 is 1.74 bits per heavy atom. The molecule has 2 rings (SSSR count). The van der Waals surface area contributed by atoms with Gasteiger partial charge in [0, 0.05) is 0 Å². The summed E-state index contributed by atoms with van der Waals surface area (Å²) in [5.74, 6) is -0.985. The third kappa shape index (κ3) is 3.31. The van der Waals surface area contributed by atoms with Crippen molar-refractivity contribution in [2.75, 3.05) is 20.3 Å². The molecule has 1 aromatic heterocycles. The molecular weight excluding hydrogens is 302 g/mol. The van der Waals surface area contributed by atoms with E-state index < -0.39 is 11.9 Å². The zero-order chi connectivity index (χ0) is 16.8. The van der Waals surface area contributed by atoms with E-state index in [1.807, 2.05) is 0 Å². The number of ether oxygens (including phenoxy) is 3.